The molecular weight excluding hydrogens is 366 g/mol. The maximum atomic E-state index is 13.5. The number of amides is 1. The number of rotatable bonds is 4. The van der Waals surface area contributed by atoms with Crippen LogP contribution in [-0.4, -0.2) is 62.1 Å². The third-order valence-corrected chi connectivity index (χ3v) is 5.69. The van der Waals surface area contributed by atoms with Crippen molar-refractivity contribution < 1.29 is 13.6 Å². The Labute approximate surface area is 162 Å². The van der Waals surface area contributed by atoms with Gasteiger partial charge in [0, 0.05) is 38.2 Å². The third-order valence-electron chi connectivity index (χ3n) is 5.69. The molecule has 2 aromatic rings. The molecule has 28 heavy (non-hydrogen) atoms. The highest BCUT2D eigenvalue weighted by molar-refractivity contribution is 5.79. The van der Waals surface area contributed by atoms with Gasteiger partial charge >= 0.3 is 0 Å². The van der Waals surface area contributed by atoms with Crippen molar-refractivity contribution >= 4 is 5.91 Å². The van der Waals surface area contributed by atoms with Crippen LogP contribution in [0.5, 0.6) is 0 Å². The summed E-state index contributed by atoms with van der Waals surface area (Å²) < 4.78 is 28.1. The van der Waals surface area contributed by atoms with Crippen LogP contribution < -0.4 is 0 Å². The number of hydrogen-bond donors (Lipinski definition) is 0. The summed E-state index contributed by atoms with van der Waals surface area (Å²) in [6.45, 7) is 3.35. The van der Waals surface area contributed by atoms with Gasteiger partial charge in [-0.2, -0.15) is 4.68 Å². The molecule has 9 heteroatoms. The van der Waals surface area contributed by atoms with E-state index in [1.165, 1.54) is 17.2 Å². The first-order valence-corrected chi connectivity index (χ1v) is 9.85. The predicted molar refractivity (Wildman–Crippen MR) is 97.5 cm³/mol. The van der Waals surface area contributed by atoms with Crippen LogP contribution >= 0.6 is 0 Å². The van der Waals surface area contributed by atoms with Gasteiger partial charge in [0.25, 0.3) is 0 Å². The summed E-state index contributed by atoms with van der Waals surface area (Å²) in [7, 11) is 0. The van der Waals surface area contributed by atoms with Crippen LogP contribution in [0.15, 0.2) is 18.2 Å². The zero-order valence-corrected chi connectivity index (χ0v) is 15.7. The van der Waals surface area contributed by atoms with Crippen molar-refractivity contribution in [1.82, 2.24) is 30.0 Å². The lowest BCUT2D eigenvalue weighted by Gasteiger charge is -2.36. The summed E-state index contributed by atoms with van der Waals surface area (Å²) in [6, 6.07) is 3.58. The molecule has 4 rings (SSSR count). The zero-order valence-electron chi connectivity index (χ0n) is 15.7. The maximum absolute atomic E-state index is 13.5. The monoisotopic (exact) mass is 390 g/mol. The van der Waals surface area contributed by atoms with E-state index in [0.717, 1.165) is 50.9 Å². The molecule has 2 aliphatic rings. The fourth-order valence-corrected chi connectivity index (χ4v) is 4.06. The number of aromatic nitrogens is 4. The Morgan fingerprint density at radius 1 is 1.04 bits per heavy atom. The van der Waals surface area contributed by atoms with Gasteiger partial charge in [0.15, 0.2) is 17.5 Å². The first-order chi connectivity index (χ1) is 13.6. The van der Waals surface area contributed by atoms with E-state index in [2.05, 4.69) is 20.4 Å². The van der Waals surface area contributed by atoms with E-state index < -0.39 is 11.6 Å². The first-order valence-electron chi connectivity index (χ1n) is 9.85. The van der Waals surface area contributed by atoms with Gasteiger partial charge in [0.05, 0.1) is 12.2 Å². The van der Waals surface area contributed by atoms with Gasteiger partial charge in [-0.3, -0.25) is 9.69 Å². The number of carbonyl (C=O) groups is 1. The number of carbonyl (C=O) groups excluding carboxylic acids is 1. The minimum Gasteiger partial charge on any atom is -0.340 e. The summed E-state index contributed by atoms with van der Waals surface area (Å²) in [5.74, 6) is -0.795. The van der Waals surface area contributed by atoms with Crippen LogP contribution in [0.3, 0.4) is 0 Å². The van der Waals surface area contributed by atoms with Gasteiger partial charge < -0.3 is 4.90 Å². The zero-order chi connectivity index (χ0) is 19.5. The summed E-state index contributed by atoms with van der Waals surface area (Å²) in [4.78, 5) is 16.8. The van der Waals surface area contributed by atoms with Crippen LogP contribution in [0.1, 0.15) is 37.9 Å². The molecule has 1 aliphatic heterocycles. The molecule has 0 unspecified atom stereocenters. The van der Waals surface area contributed by atoms with Crippen LogP contribution in [0, 0.1) is 17.6 Å². The Morgan fingerprint density at radius 2 is 1.79 bits per heavy atom. The first kappa shape index (κ1) is 18.9. The van der Waals surface area contributed by atoms with Crippen molar-refractivity contribution in [3.63, 3.8) is 0 Å². The summed E-state index contributed by atoms with van der Waals surface area (Å²) in [5, 5.41) is 11.6. The van der Waals surface area contributed by atoms with Crippen molar-refractivity contribution in [2.45, 2.75) is 38.6 Å². The molecule has 150 valence electrons. The average Bonchev–Trinajstić information content (AvgIpc) is 3.19. The van der Waals surface area contributed by atoms with Crippen LogP contribution in [0.2, 0.25) is 0 Å². The molecule has 1 aromatic heterocycles. The SMILES string of the molecule is O=C(C1CCCCC1)N1CCN(Cc2nnnn2-c2ccc(F)c(F)c2)CC1. The Kier molecular flexibility index (Phi) is 5.61. The Bertz CT molecular complexity index is 828. The highest BCUT2D eigenvalue weighted by Crippen LogP contribution is 2.26. The van der Waals surface area contributed by atoms with Gasteiger partial charge in [-0.25, -0.2) is 8.78 Å². The molecule has 1 aliphatic carbocycles. The summed E-state index contributed by atoms with van der Waals surface area (Å²) >= 11 is 0. The fourth-order valence-electron chi connectivity index (χ4n) is 4.06. The molecule has 0 N–H and O–H groups in total. The number of tetrazole rings is 1. The highest BCUT2D eigenvalue weighted by Gasteiger charge is 2.29. The largest absolute Gasteiger partial charge is 0.340 e. The molecule has 2 heterocycles. The highest BCUT2D eigenvalue weighted by atomic mass is 19.2. The number of hydrogen-bond acceptors (Lipinski definition) is 5. The Balaban J connectivity index is 1.36. The van der Waals surface area contributed by atoms with E-state index in [1.807, 2.05) is 4.90 Å². The normalized spacial score (nSPS) is 19.1. The molecule has 0 spiro atoms. The lowest BCUT2D eigenvalue weighted by Crippen LogP contribution is -2.50. The summed E-state index contributed by atoms with van der Waals surface area (Å²) in [5.41, 5.74) is 0.380. The predicted octanol–water partition coefficient (Wildman–Crippen LogP) is 2.17. The molecule has 1 amide bonds. The minimum atomic E-state index is -0.936. The maximum Gasteiger partial charge on any atom is 0.225 e. The second-order valence-corrected chi connectivity index (χ2v) is 7.54. The molecule has 0 radical (unpaired) electrons. The number of halogens is 2. The number of benzene rings is 1. The minimum absolute atomic E-state index is 0.195. The van der Waals surface area contributed by atoms with Crippen LogP contribution in [0.25, 0.3) is 5.69 Å². The van der Waals surface area contributed by atoms with Gasteiger partial charge in [0.1, 0.15) is 0 Å². The van der Waals surface area contributed by atoms with E-state index in [-0.39, 0.29) is 5.92 Å². The van der Waals surface area contributed by atoms with Crippen molar-refractivity contribution in [3.05, 3.63) is 35.7 Å². The number of piperazine rings is 1. The van der Waals surface area contributed by atoms with Crippen molar-refractivity contribution in [2.24, 2.45) is 5.92 Å². The lowest BCUT2D eigenvalue weighted by molar-refractivity contribution is -0.138. The average molecular weight is 390 g/mol. The molecule has 0 atom stereocenters. The van der Waals surface area contributed by atoms with Crippen molar-refractivity contribution in [3.8, 4) is 5.69 Å². The van der Waals surface area contributed by atoms with E-state index in [4.69, 9.17) is 0 Å². The van der Waals surface area contributed by atoms with Crippen LogP contribution in [-0.2, 0) is 11.3 Å². The standard InChI is InChI=1S/C19H24F2N6O/c20-16-7-6-15(12-17(16)21)27-18(22-23-24-27)13-25-8-10-26(11-9-25)19(28)14-4-2-1-3-5-14/h6-7,12,14H,1-5,8-11,13H2. The topological polar surface area (TPSA) is 67.2 Å². The molecule has 2 fully saturated rings. The second kappa shape index (κ2) is 8.30. The quantitative estimate of drug-likeness (QED) is 0.800. The molecule has 7 nitrogen and oxygen atoms in total. The Hall–Kier alpha value is -2.42. The molecule has 1 aromatic carbocycles. The summed E-state index contributed by atoms with van der Waals surface area (Å²) in [6.07, 6.45) is 5.58. The molecule has 0 bridgehead atoms. The number of nitrogens with zero attached hydrogens (tertiary/aromatic N) is 6. The lowest BCUT2D eigenvalue weighted by atomic mass is 9.88. The second-order valence-electron chi connectivity index (χ2n) is 7.54. The van der Waals surface area contributed by atoms with Crippen molar-refractivity contribution in [1.29, 1.82) is 0 Å². The van der Waals surface area contributed by atoms with E-state index in [9.17, 15) is 13.6 Å². The van der Waals surface area contributed by atoms with Gasteiger partial charge in [-0.1, -0.05) is 19.3 Å². The fraction of sp³-hybridized carbons (Fsp3) is 0.579. The van der Waals surface area contributed by atoms with E-state index in [0.29, 0.717) is 37.1 Å². The van der Waals surface area contributed by atoms with Gasteiger partial charge in [-0.15, -0.1) is 5.10 Å². The molecule has 1 saturated heterocycles. The van der Waals surface area contributed by atoms with Crippen molar-refractivity contribution in [2.75, 3.05) is 26.2 Å². The van der Waals surface area contributed by atoms with E-state index >= 15 is 0 Å². The van der Waals surface area contributed by atoms with Crippen LogP contribution in [0.4, 0.5) is 8.78 Å². The van der Waals surface area contributed by atoms with Gasteiger partial charge in [0.2, 0.25) is 5.91 Å². The third kappa shape index (κ3) is 4.04. The molecule has 1 saturated carbocycles. The smallest absolute Gasteiger partial charge is 0.225 e. The Morgan fingerprint density at radius 3 is 2.50 bits per heavy atom. The van der Waals surface area contributed by atoms with Gasteiger partial charge in [-0.05, 0) is 35.4 Å². The van der Waals surface area contributed by atoms with E-state index in [1.54, 1.807) is 0 Å². The molecular formula is C19H24F2N6O.